The Kier molecular flexibility index (Phi) is 4.04. The maximum Gasteiger partial charge on any atom is 0.131 e. The van der Waals surface area contributed by atoms with E-state index in [2.05, 4.69) is 5.32 Å². The molecule has 1 N–H and O–H groups in total. The van der Waals surface area contributed by atoms with Gasteiger partial charge >= 0.3 is 0 Å². The number of rotatable bonds is 3. The van der Waals surface area contributed by atoms with Crippen LogP contribution in [0.3, 0.4) is 0 Å². The molecule has 0 aliphatic carbocycles. The van der Waals surface area contributed by atoms with Crippen molar-refractivity contribution in [2.75, 3.05) is 5.32 Å². The van der Waals surface area contributed by atoms with Gasteiger partial charge in [-0.1, -0.05) is 29.3 Å². The van der Waals surface area contributed by atoms with Gasteiger partial charge in [-0.05, 0) is 24.3 Å². The van der Waals surface area contributed by atoms with Crippen LogP contribution in [0.1, 0.15) is 5.56 Å². The molecule has 18 heavy (non-hydrogen) atoms. The zero-order chi connectivity index (χ0) is 13.1. The lowest BCUT2D eigenvalue weighted by Gasteiger charge is -2.09. The molecule has 0 unspecified atom stereocenters. The van der Waals surface area contributed by atoms with Gasteiger partial charge in [0, 0.05) is 23.2 Å². The van der Waals surface area contributed by atoms with Gasteiger partial charge in [0.05, 0.1) is 10.7 Å². The molecule has 0 aromatic heterocycles. The SMILES string of the molecule is Fc1ccc(CNc2cc(Cl)ccc2Cl)c(F)c1. The average Bonchev–Trinajstić information content (AvgIpc) is 2.32. The van der Waals surface area contributed by atoms with E-state index in [9.17, 15) is 8.78 Å². The molecule has 0 radical (unpaired) electrons. The van der Waals surface area contributed by atoms with E-state index in [0.29, 0.717) is 21.3 Å². The van der Waals surface area contributed by atoms with E-state index in [-0.39, 0.29) is 6.54 Å². The number of benzene rings is 2. The summed E-state index contributed by atoms with van der Waals surface area (Å²) in [5, 5.41) is 3.97. The van der Waals surface area contributed by atoms with Crippen LogP contribution in [-0.2, 0) is 6.54 Å². The monoisotopic (exact) mass is 287 g/mol. The first-order valence-electron chi connectivity index (χ1n) is 5.19. The number of halogens is 4. The molecule has 2 aromatic rings. The summed E-state index contributed by atoms with van der Waals surface area (Å²) in [7, 11) is 0. The van der Waals surface area contributed by atoms with Gasteiger partial charge in [0.1, 0.15) is 11.6 Å². The first-order chi connectivity index (χ1) is 8.56. The zero-order valence-electron chi connectivity index (χ0n) is 9.18. The molecule has 0 saturated heterocycles. The molecule has 0 saturated carbocycles. The van der Waals surface area contributed by atoms with Gasteiger partial charge < -0.3 is 5.32 Å². The van der Waals surface area contributed by atoms with E-state index >= 15 is 0 Å². The molecule has 2 rings (SSSR count). The molecule has 0 spiro atoms. The summed E-state index contributed by atoms with van der Waals surface area (Å²) in [6.45, 7) is 0.201. The molecule has 2 aromatic carbocycles. The van der Waals surface area contributed by atoms with E-state index < -0.39 is 11.6 Å². The Bertz CT molecular complexity index is 573. The van der Waals surface area contributed by atoms with Crippen molar-refractivity contribution in [1.82, 2.24) is 0 Å². The van der Waals surface area contributed by atoms with Crippen LogP contribution in [0.2, 0.25) is 10.0 Å². The van der Waals surface area contributed by atoms with Crippen molar-refractivity contribution in [3.63, 3.8) is 0 Å². The Morgan fingerprint density at radius 2 is 1.78 bits per heavy atom. The van der Waals surface area contributed by atoms with Crippen LogP contribution in [0.25, 0.3) is 0 Å². The molecule has 0 heterocycles. The van der Waals surface area contributed by atoms with Crippen LogP contribution < -0.4 is 5.32 Å². The van der Waals surface area contributed by atoms with Gasteiger partial charge in [-0.3, -0.25) is 0 Å². The van der Waals surface area contributed by atoms with E-state index in [1.807, 2.05) is 0 Å². The van der Waals surface area contributed by atoms with Crippen molar-refractivity contribution >= 4 is 28.9 Å². The van der Waals surface area contributed by atoms with E-state index in [4.69, 9.17) is 23.2 Å². The lowest BCUT2D eigenvalue weighted by molar-refractivity contribution is 0.574. The molecule has 5 heteroatoms. The highest BCUT2D eigenvalue weighted by Crippen LogP contribution is 2.26. The summed E-state index contributed by atoms with van der Waals surface area (Å²) >= 11 is 11.8. The second-order valence-corrected chi connectivity index (χ2v) is 4.56. The van der Waals surface area contributed by atoms with Crippen molar-refractivity contribution < 1.29 is 8.78 Å². The van der Waals surface area contributed by atoms with Crippen molar-refractivity contribution in [3.05, 3.63) is 63.6 Å². The minimum atomic E-state index is -0.600. The summed E-state index contributed by atoms with van der Waals surface area (Å²) in [6, 6.07) is 8.39. The van der Waals surface area contributed by atoms with Crippen molar-refractivity contribution in [2.45, 2.75) is 6.54 Å². The molecule has 0 aliphatic rings. The standard InChI is InChI=1S/C13H9Cl2F2N/c14-9-2-4-11(15)13(5-9)18-7-8-1-3-10(16)6-12(8)17/h1-6,18H,7H2. The van der Waals surface area contributed by atoms with Crippen LogP contribution in [0.5, 0.6) is 0 Å². The molecular formula is C13H9Cl2F2N. The Morgan fingerprint density at radius 1 is 1.00 bits per heavy atom. The fourth-order valence-corrected chi connectivity index (χ4v) is 1.84. The number of hydrogen-bond acceptors (Lipinski definition) is 1. The smallest absolute Gasteiger partial charge is 0.131 e. The Labute approximate surface area is 113 Å². The molecule has 1 nitrogen and oxygen atoms in total. The van der Waals surface area contributed by atoms with Crippen LogP contribution in [0, 0.1) is 11.6 Å². The lowest BCUT2D eigenvalue weighted by atomic mass is 10.2. The van der Waals surface area contributed by atoms with Gasteiger partial charge in [-0.2, -0.15) is 0 Å². The van der Waals surface area contributed by atoms with Gasteiger partial charge in [0.15, 0.2) is 0 Å². The Balaban J connectivity index is 2.13. The van der Waals surface area contributed by atoms with Crippen LogP contribution >= 0.6 is 23.2 Å². The minimum absolute atomic E-state index is 0.201. The molecular weight excluding hydrogens is 279 g/mol. The normalized spacial score (nSPS) is 10.4. The van der Waals surface area contributed by atoms with Gasteiger partial charge in [-0.25, -0.2) is 8.78 Å². The second-order valence-electron chi connectivity index (χ2n) is 3.71. The minimum Gasteiger partial charge on any atom is -0.380 e. The highest BCUT2D eigenvalue weighted by molar-refractivity contribution is 6.35. The maximum absolute atomic E-state index is 13.4. The van der Waals surface area contributed by atoms with Gasteiger partial charge in [-0.15, -0.1) is 0 Å². The second kappa shape index (κ2) is 5.55. The Hall–Kier alpha value is -1.32. The summed E-state index contributed by atoms with van der Waals surface area (Å²) < 4.78 is 26.1. The van der Waals surface area contributed by atoms with Crippen molar-refractivity contribution in [3.8, 4) is 0 Å². The first kappa shape index (κ1) is 13.1. The van der Waals surface area contributed by atoms with Crippen molar-refractivity contribution in [2.24, 2.45) is 0 Å². The van der Waals surface area contributed by atoms with Crippen LogP contribution in [0.4, 0.5) is 14.5 Å². The zero-order valence-corrected chi connectivity index (χ0v) is 10.7. The average molecular weight is 288 g/mol. The highest BCUT2D eigenvalue weighted by Gasteiger charge is 2.05. The fraction of sp³-hybridized carbons (Fsp3) is 0.0769. The molecule has 0 aliphatic heterocycles. The number of nitrogens with one attached hydrogen (secondary N) is 1. The number of anilines is 1. The third-order valence-electron chi connectivity index (χ3n) is 2.41. The molecule has 0 atom stereocenters. The van der Waals surface area contributed by atoms with E-state index in [1.165, 1.54) is 12.1 Å². The topological polar surface area (TPSA) is 12.0 Å². The van der Waals surface area contributed by atoms with Crippen molar-refractivity contribution in [1.29, 1.82) is 0 Å². The van der Waals surface area contributed by atoms with Gasteiger partial charge in [0.2, 0.25) is 0 Å². The molecule has 0 bridgehead atoms. The summed E-state index contributed by atoms with van der Waals surface area (Å²) in [5.74, 6) is -1.20. The van der Waals surface area contributed by atoms with E-state index in [1.54, 1.807) is 18.2 Å². The first-order valence-corrected chi connectivity index (χ1v) is 5.95. The van der Waals surface area contributed by atoms with Crippen LogP contribution in [-0.4, -0.2) is 0 Å². The lowest BCUT2D eigenvalue weighted by Crippen LogP contribution is -2.02. The highest BCUT2D eigenvalue weighted by atomic mass is 35.5. The Morgan fingerprint density at radius 3 is 2.50 bits per heavy atom. The third kappa shape index (κ3) is 3.12. The summed E-state index contributed by atoms with van der Waals surface area (Å²) in [4.78, 5) is 0. The maximum atomic E-state index is 13.4. The van der Waals surface area contributed by atoms with Crippen LogP contribution in [0.15, 0.2) is 36.4 Å². The summed E-state index contributed by atoms with van der Waals surface area (Å²) in [5.41, 5.74) is 0.959. The number of hydrogen-bond donors (Lipinski definition) is 1. The molecule has 0 amide bonds. The molecule has 94 valence electrons. The van der Waals surface area contributed by atoms with Gasteiger partial charge in [0.25, 0.3) is 0 Å². The fourth-order valence-electron chi connectivity index (χ4n) is 1.49. The predicted molar refractivity (Wildman–Crippen MR) is 70.1 cm³/mol. The van der Waals surface area contributed by atoms with E-state index in [0.717, 1.165) is 6.07 Å². The largest absolute Gasteiger partial charge is 0.380 e. The third-order valence-corrected chi connectivity index (χ3v) is 2.98. The quantitative estimate of drug-likeness (QED) is 0.848. The molecule has 0 fully saturated rings. The summed E-state index contributed by atoms with van der Waals surface area (Å²) in [6.07, 6.45) is 0. The predicted octanol–water partition coefficient (Wildman–Crippen LogP) is 4.88.